The van der Waals surface area contributed by atoms with Crippen molar-refractivity contribution in [1.82, 2.24) is 5.32 Å². The lowest BCUT2D eigenvalue weighted by molar-refractivity contribution is 1.02. The molecule has 0 atom stereocenters. The van der Waals surface area contributed by atoms with Crippen LogP contribution in [0.1, 0.15) is 0 Å². The Bertz CT molecular complexity index is 23.6. The highest BCUT2D eigenvalue weighted by molar-refractivity contribution is 6.54. The van der Waals surface area contributed by atoms with E-state index in [9.17, 15) is 0 Å². The van der Waals surface area contributed by atoms with Gasteiger partial charge in [-0.05, 0) is 14.1 Å². The summed E-state index contributed by atoms with van der Waals surface area (Å²) in [6.45, 7) is 0. The molecule has 0 fully saturated rings. The highest BCUT2D eigenvalue weighted by Crippen LogP contribution is 1.68. The van der Waals surface area contributed by atoms with Crippen LogP contribution in [0.15, 0.2) is 0 Å². The van der Waals surface area contributed by atoms with Crippen LogP contribution in [0.4, 0.5) is 0 Å². The zero-order valence-corrected chi connectivity index (χ0v) is 8.46. The van der Waals surface area contributed by atoms with E-state index in [1.165, 1.54) is 0 Å². The van der Waals surface area contributed by atoms with Crippen LogP contribution in [-0.2, 0) is 0 Å². The maximum Gasteiger partial charge on any atom is 0.251 e. The minimum Gasteiger partial charge on any atom is -0.323 e. The van der Waals surface area contributed by atoms with Crippen LogP contribution in [-0.4, -0.2) is 28.2 Å². The first kappa shape index (κ1) is 15.9. The van der Waals surface area contributed by atoms with E-state index in [-0.39, 0.29) is 26.6 Å². The fraction of sp³-hybridized carbons (Fsp3) is 1.00. The summed E-state index contributed by atoms with van der Waals surface area (Å²) in [6.07, 6.45) is 0. The van der Waals surface area contributed by atoms with Gasteiger partial charge in [0, 0.05) is 0 Å². The Labute approximate surface area is 63.7 Å². The second-order valence-electron chi connectivity index (χ2n) is 2.23. The van der Waals surface area contributed by atoms with Crippen LogP contribution in [0.25, 0.3) is 0 Å². The average Bonchev–Trinajstić information content (AvgIpc) is 1.33. The van der Waals surface area contributed by atoms with E-state index in [2.05, 4.69) is 22.7 Å². The van der Waals surface area contributed by atoms with E-state index in [4.69, 9.17) is 0 Å². The lowest BCUT2D eigenvalue weighted by atomic mass is 11.3. The van der Waals surface area contributed by atoms with Gasteiger partial charge in [0.05, 0.1) is 0 Å². The molecule has 0 aliphatic carbocycles. The first-order valence-corrected chi connectivity index (χ1v) is 6.20. The highest BCUT2D eigenvalue weighted by Gasteiger charge is 1.81. The smallest absolute Gasteiger partial charge is 0.251 e. The van der Waals surface area contributed by atoms with Gasteiger partial charge in [-0.3, -0.25) is 0 Å². The molecule has 1 N–H and O–H groups in total. The molecule has 0 saturated heterocycles. The lowest BCUT2D eigenvalue weighted by Crippen LogP contribution is -1.89. The molecular weight excluding hydrogens is 136 g/mol. The van der Waals surface area contributed by atoms with Gasteiger partial charge in [0.15, 0.2) is 0 Å². The van der Waals surface area contributed by atoms with Crippen molar-refractivity contribution in [2.75, 3.05) is 14.1 Å². The van der Waals surface area contributed by atoms with Crippen LogP contribution >= 0.6 is 12.4 Å². The lowest BCUT2D eigenvalue weighted by Gasteiger charge is -1.67. The molecule has 0 aromatic carbocycles. The number of nitrogens with one attached hydrogen (secondary N) is 1. The van der Waals surface area contributed by atoms with Gasteiger partial charge in [-0.2, -0.15) is 0 Å². The number of hydrogen-bond donors (Lipinski definition) is 1. The Morgan fingerprint density at radius 2 is 1.00 bits per heavy atom. The van der Waals surface area contributed by atoms with Gasteiger partial charge in [0.2, 0.25) is 0 Å². The van der Waals surface area contributed by atoms with Crippen LogP contribution in [0.5, 0.6) is 0 Å². The van der Waals surface area contributed by atoms with Gasteiger partial charge in [-0.15, -0.1) is 29.8 Å². The molecule has 0 spiro atoms. The first-order chi connectivity index (χ1) is 3.15. The number of halogens is 1. The Balaban J connectivity index is -0.0000000575. The third kappa shape index (κ3) is 370. The molecule has 0 bridgehead atoms. The third-order valence-electron chi connectivity index (χ3n) is 0. The van der Waals surface area contributed by atoms with Gasteiger partial charge in [0.25, 0.3) is 14.1 Å². The Morgan fingerprint density at radius 3 is 1.00 bits per heavy atom. The number of hydrogen-bond acceptors (Lipinski definition) is 1. The predicted molar refractivity (Wildman–Crippen MR) is 45.6 cm³/mol. The van der Waals surface area contributed by atoms with E-state index in [1.54, 1.807) is 0 Å². The molecule has 0 saturated carbocycles. The molecular formula is C5H17AlClN. The van der Waals surface area contributed by atoms with Crippen molar-refractivity contribution in [1.29, 1.82) is 0 Å². The van der Waals surface area contributed by atoms with Crippen molar-refractivity contribution >= 4 is 26.6 Å². The summed E-state index contributed by atoms with van der Waals surface area (Å²) >= 11 is -0.139. The van der Waals surface area contributed by atoms with Crippen LogP contribution in [0, 0.1) is 0 Å². The molecule has 0 radical (unpaired) electrons. The van der Waals surface area contributed by atoms with E-state index >= 15 is 0 Å². The molecule has 0 amide bonds. The summed E-state index contributed by atoms with van der Waals surface area (Å²) in [7, 11) is 3.75. The van der Waals surface area contributed by atoms with Crippen molar-refractivity contribution < 1.29 is 0 Å². The zero-order valence-electron chi connectivity index (χ0n) is 6.49. The summed E-state index contributed by atoms with van der Waals surface area (Å²) in [6, 6.07) is 0. The van der Waals surface area contributed by atoms with E-state index in [1.807, 2.05) is 14.1 Å². The van der Waals surface area contributed by atoms with Crippen molar-refractivity contribution in [2.24, 2.45) is 0 Å². The fourth-order valence-corrected chi connectivity index (χ4v) is 0. The first-order valence-electron chi connectivity index (χ1n) is 2.73. The minimum absolute atomic E-state index is 0. The van der Waals surface area contributed by atoms with Crippen LogP contribution in [0.2, 0.25) is 17.4 Å². The monoisotopic (exact) mass is 153 g/mol. The molecule has 1 nitrogen and oxygen atoms in total. The zero-order chi connectivity index (χ0) is 6.28. The van der Waals surface area contributed by atoms with E-state index in [0.29, 0.717) is 0 Å². The van der Waals surface area contributed by atoms with Crippen molar-refractivity contribution in [3.63, 3.8) is 0 Å². The van der Waals surface area contributed by atoms with Gasteiger partial charge in [-0.1, -0.05) is 0 Å². The molecule has 3 heteroatoms. The van der Waals surface area contributed by atoms with Crippen molar-refractivity contribution in [3.05, 3.63) is 0 Å². The summed E-state index contributed by atoms with van der Waals surface area (Å²) in [4.78, 5) is 0. The largest absolute Gasteiger partial charge is 0.323 e. The molecule has 0 heterocycles. The summed E-state index contributed by atoms with van der Waals surface area (Å²) in [5.41, 5.74) is 0. The highest BCUT2D eigenvalue weighted by atomic mass is 35.5. The van der Waals surface area contributed by atoms with Crippen LogP contribution < -0.4 is 5.32 Å². The second-order valence-corrected chi connectivity index (χ2v) is 5.70. The standard InChI is InChI=1S/C2H7N.3CH3.Al.ClH/c1-3-2;;;;;/h3H,1-2H3;3*1H3;;1H. The second kappa shape index (κ2) is 15.7. The van der Waals surface area contributed by atoms with Gasteiger partial charge in [-0.25, -0.2) is 0 Å². The minimum atomic E-state index is -0.139. The topological polar surface area (TPSA) is 12.0 Å². The summed E-state index contributed by atoms with van der Waals surface area (Å²) in [5, 5.41) is 2.75. The third-order valence-corrected chi connectivity index (χ3v) is 0. The SMILES string of the molecule is CNC.Cl.[CH3][Al]([CH3])[CH3]. The van der Waals surface area contributed by atoms with Gasteiger partial charge in [0.1, 0.15) is 0 Å². The van der Waals surface area contributed by atoms with Gasteiger partial charge >= 0.3 is 0 Å². The molecule has 0 unspecified atom stereocenters. The Kier molecular flexibility index (Phi) is 31.1. The maximum atomic E-state index is 2.75. The van der Waals surface area contributed by atoms with Crippen LogP contribution in [0.3, 0.4) is 0 Å². The number of rotatable bonds is 0. The average molecular weight is 154 g/mol. The molecule has 52 valence electrons. The quantitative estimate of drug-likeness (QED) is 0.522. The molecule has 0 aromatic rings. The Morgan fingerprint density at radius 1 is 1.00 bits per heavy atom. The van der Waals surface area contributed by atoms with Crippen molar-refractivity contribution in [2.45, 2.75) is 17.4 Å². The predicted octanol–water partition coefficient (Wildman–Crippen LogP) is 1.63. The van der Waals surface area contributed by atoms with Crippen molar-refractivity contribution in [3.8, 4) is 0 Å². The molecule has 0 aliphatic heterocycles. The maximum absolute atomic E-state index is 2.75. The molecule has 8 heavy (non-hydrogen) atoms. The molecule has 0 rings (SSSR count). The van der Waals surface area contributed by atoms with E-state index in [0.717, 1.165) is 0 Å². The fourth-order valence-electron chi connectivity index (χ4n) is 0. The van der Waals surface area contributed by atoms with Gasteiger partial charge < -0.3 is 5.32 Å². The summed E-state index contributed by atoms with van der Waals surface area (Å²) in [5.74, 6) is 6.92. The Hall–Kier alpha value is 0.782. The molecule has 0 aromatic heterocycles. The normalized spacial score (nSPS) is 5.62. The summed E-state index contributed by atoms with van der Waals surface area (Å²) < 4.78 is 0. The van der Waals surface area contributed by atoms with E-state index < -0.39 is 0 Å². The molecule has 0 aliphatic rings.